The van der Waals surface area contributed by atoms with Gasteiger partial charge < -0.3 is 14.8 Å². The van der Waals surface area contributed by atoms with E-state index in [2.05, 4.69) is 15.5 Å². The van der Waals surface area contributed by atoms with Crippen molar-refractivity contribution in [2.75, 3.05) is 26.4 Å². The number of ether oxygens (including phenoxy) is 2. The Hall–Kier alpha value is -1.76. The third-order valence-corrected chi connectivity index (χ3v) is 4.14. The summed E-state index contributed by atoms with van der Waals surface area (Å²) in [6.45, 7) is 3.91. The molecule has 1 aromatic carbocycles. The molecule has 0 aliphatic carbocycles. The summed E-state index contributed by atoms with van der Waals surface area (Å²) in [4.78, 5) is 0. The smallest absolute Gasteiger partial charge is 0.123 e. The number of benzene rings is 1. The molecule has 1 unspecified atom stereocenters. The van der Waals surface area contributed by atoms with Crippen molar-refractivity contribution in [3.8, 4) is 11.3 Å². The number of aromatic nitrogens is 2. The summed E-state index contributed by atoms with van der Waals surface area (Å²) in [6, 6.07) is 6.42. The van der Waals surface area contributed by atoms with Gasteiger partial charge in [-0.3, -0.25) is 5.10 Å². The summed E-state index contributed by atoms with van der Waals surface area (Å²) in [7, 11) is 0. The van der Waals surface area contributed by atoms with Gasteiger partial charge in [-0.05, 0) is 50.1 Å². The lowest BCUT2D eigenvalue weighted by Gasteiger charge is -2.10. The quantitative estimate of drug-likeness (QED) is 0.693. The SMILES string of the molecule is Fc1ccc(-c2[nH]ncc2CNCCCOCC2CCCO2)cc1. The Labute approximate surface area is 141 Å². The maximum Gasteiger partial charge on any atom is 0.123 e. The molecular formula is C18H24FN3O2. The number of nitrogens with one attached hydrogen (secondary N) is 2. The molecule has 5 nitrogen and oxygen atoms in total. The van der Waals surface area contributed by atoms with Crippen molar-refractivity contribution in [3.63, 3.8) is 0 Å². The highest BCUT2D eigenvalue weighted by Crippen LogP contribution is 2.21. The third kappa shape index (κ3) is 4.87. The number of H-pyrrole nitrogens is 1. The van der Waals surface area contributed by atoms with Crippen molar-refractivity contribution < 1.29 is 13.9 Å². The molecule has 1 aromatic heterocycles. The first-order valence-electron chi connectivity index (χ1n) is 8.51. The van der Waals surface area contributed by atoms with Gasteiger partial charge in [0, 0.05) is 30.9 Å². The van der Waals surface area contributed by atoms with Crippen molar-refractivity contribution in [3.05, 3.63) is 41.8 Å². The van der Waals surface area contributed by atoms with E-state index in [1.807, 2.05) is 0 Å². The third-order valence-electron chi connectivity index (χ3n) is 4.14. The van der Waals surface area contributed by atoms with Crippen LogP contribution in [0.3, 0.4) is 0 Å². The van der Waals surface area contributed by atoms with Gasteiger partial charge in [-0.1, -0.05) is 0 Å². The van der Waals surface area contributed by atoms with Crippen LogP contribution < -0.4 is 5.32 Å². The second kappa shape index (κ2) is 8.92. The van der Waals surface area contributed by atoms with E-state index in [-0.39, 0.29) is 5.82 Å². The van der Waals surface area contributed by atoms with E-state index in [9.17, 15) is 4.39 Å². The van der Waals surface area contributed by atoms with Gasteiger partial charge in [-0.2, -0.15) is 5.10 Å². The second-order valence-corrected chi connectivity index (χ2v) is 6.02. The van der Waals surface area contributed by atoms with Crippen LogP contribution in [0.5, 0.6) is 0 Å². The lowest BCUT2D eigenvalue weighted by molar-refractivity contribution is 0.0166. The minimum Gasteiger partial charge on any atom is -0.379 e. The molecule has 6 heteroatoms. The minimum absolute atomic E-state index is 0.235. The highest BCUT2D eigenvalue weighted by Gasteiger charge is 2.14. The number of rotatable bonds is 9. The molecule has 1 aliphatic rings. The van der Waals surface area contributed by atoms with E-state index < -0.39 is 0 Å². The van der Waals surface area contributed by atoms with Gasteiger partial charge >= 0.3 is 0 Å². The fourth-order valence-electron chi connectivity index (χ4n) is 2.82. The fourth-order valence-corrected chi connectivity index (χ4v) is 2.82. The minimum atomic E-state index is -0.235. The molecule has 0 spiro atoms. The van der Waals surface area contributed by atoms with Crippen LogP contribution in [0.4, 0.5) is 4.39 Å². The average molecular weight is 333 g/mol. The van der Waals surface area contributed by atoms with Gasteiger partial charge in [0.1, 0.15) is 5.82 Å². The molecule has 3 rings (SSSR count). The zero-order valence-electron chi connectivity index (χ0n) is 13.8. The van der Waals surface area contributed by atoms with Gasteiger partial charge in [0.15, 0.2) is 0 Å². The number of nitrogens with zero attached hydrogens (tertiary/aromatic N) is 1. The summed E-state index contributed by atoms with van der Waals surface area (Å²) >= 11 is 0. The summed E-state index contributed by atoms with van der Waals surface area (Å²) in [5, 5.41) is 10.5. The molecule has 0 radical (unpaired) electrons. The topological polar surface area (TPSA) is 59.2 Å². The van der Waals surface area contributed by atoms with E-state index in [0.29, 0.717) is 12.7 Å². The Morgan fingerprint density at radius 2 is 2.21 bits per heavy atom. The first-order chi connectivity index (χ1) is 11.8. The van der Waals surface area contributed by atoms with Crippen LogP contribution in [0.15, 0.2) is 30.5 Å². The highest BCUT2D eigenvalue weighted by atomic mass is 19.1. The first-order valence-corrected chi connectivity index (χ1v) is 8.51. The largest absolute Gasteiger partial charge is 0.379 e. The molecule has 2 N–H and O–H groups in total. The van der Waals surface area contributed by atoms with Crippen LogP contribution >= 0.6 is 0 Å². The molecule has 130 valence electrons. The fraction of sp³-hybridized carbons (Fsp3) is 0.500. The molecule has 2 aromatic rings. The van der Waals surface area contributed by atoms with Crippen LogP contribution in [0.25, 0.3) is 11.3 Å². The van der Waals surface area contributed by atoms with Crippen LogP contribution in [-0.2, 0) is 16.0 Å². The predicted octanol–water partition coefficient (Wildman–Crippen LogP) is 2.89. The first kappa shape index (κ1) is 17.1. The number of halogens is 1. The van der Waals surface area contributed by atoms with Gasteiger partial charge in [0.2, 0.25) is 0 Å². The second-order valence-electron chi connectivity index (χ2n) is 6.02. The van der Waals surface area contributed by atoms with Crippen molar-refractivity contribution in [2.45, 2.75) is 31.9 Å². The molecule has 1 aliphatic heterocycles. The van der Waals surface area contributed by atoms with E-state index in [0.717, 1.165) is 62.4 Å². The Kier molecular flexibility index (Phi) is 6.34. The number of hydrogen-bond donors (Lipinski definition) is 2. The van der Waals surface area contributed by atoms with Crippen molar-refractivity contribution >= 4 is 0 Å². The maximum atomic E-state index is 13.0. The van der Waals surface area contributed by atoms with E-state index in [4.69, 9.17) is 9.47 Å². The molecule has 1 saturated heterocycles. The highest BCUT2D eigenvalue weighted by molar-refractivity contribution is 5.62. The van der Waals surface area contributed by atoms with E-state index >= 15 is 0 Å². The molecular weight excluding hydrogens is 309 g/mol. The summed E-state index contributed by atoms with van der Waals surface area (Å²) in [5.74, 6) is -0.235. The van der Waals surface area contributed by atoms with Gasteiger partial charge in [-0.25, -0.2) is 4.39 Å². The molecule has 0 saturated carbocycles. The standard InChI is InChI=1S/C18H24FN3O2/c19-16-6-4-14(5-7-16)18-15(12-21-22-18)11-20-8-2-9-23-13-17-3-1-10-24-17/h4-7,12,17,20H,1-3,8-11,13H2,(H,21,22). The molecule has 2 heterocycles. The molecule has 1 fully saturated rings. The zero-order valence-corrected chi connectivity index (χ0v) is 13.8. The van der Waals surface area contributed by atoms with E-state index in [1.54, 1.807) is 18.3 Å². The maximum absolute atomic E-state index is 13.0. The number of aromatic amines is 1. The Bertz CT molecular complexity index is 609. The summed E-state index contributed by atoms with van der Waals surface area (Å²) in [5.41, 5.74) is 2.93. The normalized spacial score (nSPS) is 17.5. The predicted molar refractivity (Wildman–Crippen MR) is 90.1 cm³/mol. The van der Waals surface area contributed by atoms with Crippen molar-refractivity contribution in [1.29, 1.82) is 0 Å². The molecule has 24 heavy (non-hydrogen) atoms. The van der Waals surface area contributed by atoms with Crippen LogP contribution in [-0.4, -0.2) is 42.7 Å². The number of hydrogen-bond acceptors (Lipinski definition) is 4. The zero-order chi connectivity index (χ0) is 16.6. The molecule has 0 bridgehead atoms. The lowest BCUT2D eigenvalue weighted by Crippen LogP contribution is -2.19. The lowest BCUT2D eigenvalue weighted by atomic mass is 10.1. The van der Waals surface area contributed by atoms with Gasteiger partial charge in [0.05, 0.1) is 24.6 Å². The van der Waals surface area contributed by atoms with Crippen molar-refractivity contribution in [2.24, 2.45) is 0 Å². The van der Waals surface area contributed by atoms with Crippen LogP contribution in [0.1, 0.15) is 24.8 Å². The Morgan fingerprint density at radius 3 is 3.00 bits per heavy atom. The molecule has 1 atom stereocenters. The summed E-state index contributed by atoms with van der Waals surface area (Å²) < 4.78 is 24.2. The Morgan fingerprint density at radius 1 is 1.33 bits per heavy atom. The van der Waals surface area contributed by atoms with E-state index in [1.165, 1.54) is 12.1 Å². The average Bonchev–Trinajstić information content (AvgIpc) is 3.26. The van der Waals surface area contributed by atoms with Gasteiger partial charge in [0.25, 0.3) is 0 Å². The van der Waals surface area contributed by atoms with Crippen LogP contribution in [0, 0.1) is 5.82 Å². The van der Waals surface area contributed by atoms with Crippen molar-refractivity contribution in [1.82, 2.24) is 15.5 Å². The molecule has 0 amide bonds. The van der Waals surface area contributed by atoms with Crippen LogP contribution in [0.2, 0.25) is 0 Å². The van der Waals surface area contributed by atoms with Gasteiger partial charge in [-0.15, -0.1) is 0 Å². The Balaban J connectivity index is 1.35. The monoisotopic (exact) mass is 333 g/mol. The summed E-state index contributed by atoms with van der Waals surface area (Å²) in [6.07, 6.45) is 5.32.